The zero-order chi connectivity index (χ0) is 13.1. The molecular weight excluding hydrogens is 334 g/mol. The van der Waals surface area contributed by atoms with Gasteiger partial charge >= 0.3 is 0 Å². The SMILES string of the molecule is CN(Cc1ccc(Cl)s1)c1ccc(C=O)cc1Br. The molecule has 0 saturated carbocycles. The van der Waals surface area contributed by atoms with E-state index >= 15 is 0 Å². The number of thiophene rings is 1. The van der Waals surface area contributed by atoms with Crippen molar-refractivity contribution >= 4 is 50.8 Å². The molecule has 5 heteroatoms. The van der Waals surface area contributed by atoms with E-state index in [1.807, 2.05) is 37.4 Å². The van der Waals surface area contributed by atoms with Gasteiger partial charge in [0.1, 0.15) is 6.29 Å². The molecule has 1 aromatic carbocycles. The normalized spacial score (nSPS) is 10.4. The summed E-state index contributed by atoms with van der Waals surface area (Å²) in [4.78, 5) is 14.0. The molecule has 18 heavy (non-hydrogen) atoms. The molecule has 0 radical (unpaired) electrons. The highest BCUT2D eigenvalue weighted by Gasteiger charge is 2.08. The Balaban J connectivity index is 2.18. The molecule has 0 fully saturated rings. The first-order valence-electron chi connectivity index (χ1n) is 5.30. The molecule has 1 heterocycles. The molecule has 94 valence electrons. The van der Waals surface area contributed by atoms with Gasteiger partial charge in [0.25, 0.3) is 0 Å². The lowest BCUT2D eigenvalue weighted by Crippen LogP contribution is -2.16. The topological polar surface area (TPSA) is 20.3 Å². The van der Waals surface area contributed by atoms with E-state index in [-0.39, 0.29) is 0 Å². The van der Waals surface area contributed by atoms with Gasteiger partial charge in [-0.1, -0.05) is 11.6 Å². The second-order valence-corrected chi connectivity index (χ2v) is 6.54. The minimum atomic E-state index is 0.665. The highest BCUT2D eigenvalue weighted by atomic mass is 79.9. The summed E-state index contributed by atoms with van der Waals surface area (Å²) in [5, 5.41) is 0. The molecule has 0 saturated heterocycles. The van der Waals surface area contributed by atoms with Crippen molar-refractivity contribution in [1.82, 2.24) is 0 Å². The highest BCUT2D eigenvalue weighted by molar-refractivity contribution is 9.10. The van der Waals surface area contributed by atoms with Crippen LogP contribution in [0, 0.1) is 0 Å². The molecule has 0 aliphatic rings. The summed E-state index contributed by atoms with van der Waals surface area (Å²) in [5.41, 5.74) is 1.71. The minimum absolute atomic E-state index is 0.665. The van der Waals surface area contributed by atoms with Crippen molar-refractivity contribution < 1.29 is 4.79 Å². The number of hydrogen-bond donors (Lipinski definition) is 0. The van der Waals surface area contributed by atoms with Gasteiger partial charge in [0.05, 0.1) is 16.6 Å². The second-order valence-electron chi connectivity index (χ2n) is 3.89. The van der Waals surface area contributed by atoms with Crippen LogP contribution in [0.25, 0.3) is 0 Å². The Bertz CT molecular complexity index is 570. The number of carbonyl (C=O) groups is 1. The molecule has 2 nitrogen and oxygen atoms in total. The standard InChI is InChI=1S/C13H11BrClNOS/c1-16(7-10-3-5-13(15)18-10)12-4-2-9(8-17)6-11(12)14/h2-6,8H,7H2,1H3. The zero-order valence-corrected chi connectivity index (χ0v) is 12.8. The predicted molar refractivity (Wildman–Crippen MR) is 81.0 cm³/mol. The molecule has 0 unspecified atom stereocenters. The van der Waals surface area contributed by atoms with Crippen LogP contribution in [0.1, 0.15) is 15.2 Å². The molecule has 2 aromatic rings. The fourth-order valence-corrected chi connectivity index (χ4v) is 3.50. The maximum absolute atomic E-state index is 10.7. The first-order valence-corrected chi connectivity index (χ1v) is 7.29. The van der Waals surface area contributed by atoms with Crippen molar-refractivity contribution in [3.8, 4) is 0 Å². The lowest BCUT2D eigenvalue weighted by atomic mass is 10.2. The van der Waals surface area contributed by atoms with Gasteiger partial charge in [-0.25, -0.2) is 0 Å². The Morgan fingerprint density at radius 1 is 1.39 bits per heavy atom. The number of anilines is 1. The molecule has 0 spiro atoms. The number of halogens is 2. The quantitative estimate of drug-likeness (QED) is 0.755. The fraction of sp³-hybridized carbons (Fsp3) is 0.154. The van der Waals surface area contributed by atoms with E-state index in [1.165, 1.54) is 4.88 Å². The van der Waals surface area contributed by atoms with E-state index < -0.39 is 0 Å². The van der Waals surface area contributed by atoms with Crippen LogP contribution < -0.4 is 4.90 Å². The average molecular weight is 345 g/mol. The Morgan fingerprint density at radius 3 is 2.72 bits per heavy atom. The van der Waals surface area contributed by atoms with Crippen LogP contribution >= 0.6 is 38.9 Å². The molecule has 0 bridgehead atoms. The van der Waals surface area contributed by atoms with Crippen LogP contribution in [0.5, 0.6) is 0 Å². The molecule has 0 aliphatic heterocycles. The monoisotopic (exact) mass is 343 g/mol. The van der Waals surface area contributed by atoms with Crippen molar-refractivity contribution in [2.75, 3.05) is 11.9 Å². The molecule has 1 aromatic heterocycles. The largest absolute Gasteiger partial charge is 0.369 e. The van der Waals surface area contributed by atoms with Crippen molar-refractivity contribution in [2.24, 2.45) is 0 Å². The molecular formula is C13H11BrClNOS. The Morgan fingerprint density at radius 2 is 2.17 bits per heavy atom. The number of hydrogen-bond acceptors (Lipinski definition) is 3. The Labute approximate surface area is 123 Å². The van der Waals surface area contributed by atoms with Gasteiger partial charge in [-0.05, 0) is 46.3 Å². The average Bonchev–Trinajstić information content (AvgIpc) is 2.74. The van der Waals surface area contributed by atoms with Gasteiger partial charge in [0.15, 0.2) is 0 Å². The first-order chi connectivity index (χ1) is 8.60. The van der Waals surface area contributed by atoms with E-state index in [9.17, 15) is 4.79 Å². The number of carbonyl (C=O) groups excluding carboxylic acids is 1. The maximum Gasteiger partial charge on any atom is 0.150 e. The lowest BCUT2D eigenvalue weighted by Gasteiger charge is -2.20. The Hall–Kier alpha value is -0.840. The number of rotatable bonds is 4. The summed E-state index contributed by atoms with van der Waals surface area (Å²) in [6, 6.07) is 9.49. The highest BCUT2D eigenvalue weighted by Crippen LogP contribution is 2.29. The third kappa shape index (κ3) is 3.13. The maximum atomic E-state index is 10.7. The van der Waals surface area contributed by atoms with Crippen molar-refractivity contribution in [2.45, 2.75) is 6.54 Å². The van der Waals surface area contributed by atoms with Gasteiger partial charge < -0.3 is 4.90 Å². The van der Waals surface area contributed by atoms with E-state index in [1.54, 1.807) is 11.3 Å². The zero-order valence-electron chi connectivity index (χ0n) is 9.69. The van der Waals surface area contributed by atoms with Crippen LogP contribution in [-0.2, 0) is 6.54 Å². The van der Waals surface area contributed by atoms with Gasteiger partial charge in [-0.2, -0.15) is 0 Å². The summed E-state index contributed by atoms with van der Waals surface area (Å²) >= 11 is 11.0. The van der Waals surface area contributed by atoms with Gasteiger partial charge in [-0.15, -0.1) is 11.3 Å². The Kier molecular flexibility index (Phi) is 4.43. The smallest absolute Gasteiger partial charge is 0.150 e. The van der Waals surface area contributed by atoms with Gasteiger partial charge in [0, 0.05) is 22.0 Å². The molecule has 0 atom stereocenters. The van der Waals surface area contributed by atoms with E-state index in [2.05, 4.69) is 20.8 Å². The third-order valence-electron chi connectivity index (χ3n) is 2.54. The number of benzene rings is 1. The van der Waals surface area contributed by atoms with E-state index in [0.29, 0.717) is 5.56 Å². The lowest BCUT2D eigenvalue weighted by molar-refractivity contribution is 0.112. The van der Waals surface area contributed by atoms with Crippen molar-refractivity contribution in [1.29, 1.82) is 0 Å². The van der Waals surface area contributed by atoms with Crippen LogP contribution in [0.15, 0.2) is 34.8 Å². The number of nitrogens with zero attached hydrogens (tertiary/aromatic N) is 1. The van der Waals surface area contributed by atoms with Crippen molar-refractivity contribution in [3.63, 3.8) is 0 Å². The summed E-state index contributed by atoms with van der Waals surface area (Å²) in [5.74, 6) is 0. The van der Waals surface area contributed by atoms with Crippen LogP contribution in [-0.4, -0.2) is 13.3 Å². The fourth-order valence-electron chi connectivity index (χ4n) is 1.66. The molecule has 2 rings (SSSR count). The summed E-state index contributed by atoms with van der Waals surface area (Å²) in [6.45, 7) is 0.788. The molecule has 0 N–H and O–H groups in total. The van der Waals surface area contributed by atoms with Gasteiger partial charge in [0.2, 0.25) is 0 Å². The van der Waals surface area contributed by atoms with E-state index in [4.69, 9.17) is 11.6 Å². The van der Waals surface area contributed by atoms with Gasteiger partial charge in [-0.3, -0.25) is 4.79 Å². The minimum Gasteiger partial charge on any atom is -0.369 e. The van der Waals surface area contributed by atoms with Crippen molar-refractivity contribution in [3.05, 3.63) is 49.6 Å². The predicted octanol–water partition coefficient (Wildman–Crippen LogP) is 4.61. The summed E-state index contributed by atoms with van der Waals surface area (Å²) in [6.07, 6.45) is 0.841. The van der Waals surface area contributed by atoms with Crippen LogP contribution in [0.3, 0.4) is 0 Å². The first kappa shape index (κ1) is 13.6. The van der Waals surface area contributed by atoms with Crippen LogP contribution in [0.2, 0.25) is 4.34 Å². The van der Waals surface area contributed by atoms with E-state index in [0.717, 1.165) is 27.3 Å². The molecule has 0 amide bonds. The second kappa shape index (κ2) is 5.87. The summed E-state index contributed by atoms with van der Waals surface area (Å²) < 4.78 is 1.71. The summed E-state index contributed by atoms with van der Waals surface area (Å²) in [7, 11) is 2.01. The van der Waals surface area contributed by atoms with Crippen LogP contribution in [0.4, 0.5) is 5.69 Å². The third-order valence-corrected chi connectivity index (χ3v) is 4.39. The molecule has 0 aliphatic carbocycles. The number of aldehydes is 1.